The topological polar surface area (TPSA) is 66.5 Å². The van der Waals surface area contributed by atoms with E-state index in [1.807, 2.05) is 30.3 Å². The maximum Gasteiger partial charge on any atom is 0.226 e. The molecular weight excluding hydrogens is 396 g/mol. The van der Waals surface area contributed by atoms with Crippen LogP contribution in [0.1, 0.15) is 63.4 Å². The van der Waals surface area contributed by atoms with Gasteiger partial charge in [0, 0.05) is 24.5 Å². The van der Waals surface area contributed by atoms with Crippen LogP contribution in [0.5, 0.6) is 0 Å². The molecule has 30 heavy (non-hydrogen) atoms. The molecule has 1 saturated heterocycles. The zero-order chi connectivity index (χ0) is 20.8. The Morgan fingerprint density at radius 2 is 1.63 bits per heavy atom. The van der Waals surface area contributed by atoms with Crippen molar-refractivity contribution in [2.24, 2.45) is 23.2 Å². The van der Waals surface area contributed by atoms with Gasteiger partial charge < -0.3 is 5.32 Å². The quantitative estimate of drug-likeness (QED) is 0.748. The van der Waals surface area contributed by atoms with E-state index in [4.69, 9.17) is 0 Å². The van der Waals surface area contributed by atoms with Crippen molar-refractivity contribution in [3.8, 4) is 0 Å². The van der Waals surface area contributed by atoms with Crippen molar-refractivity contribution in [2.75, 3.05) is 13.1 Å². The number of carbonyl (C=O) groups excluding carboxylic acids is 1. The van der Waals surface area contributed by atoms with E-state index in [2.05, 4.69) is 5.32 Å². The maximum absolute atomic E-state index is 13.3. The van der Waals surface area contributed by atoms with E-state index in [1.165, 1.54) is 19.3 Å². The number of hydrogen-bond donors (Lipinski definition) is 1. The fraction of sp³-hybridized carbons (Fsp3) is 0.708. The molecule has 1 amide bonds. The molecule has 164 valence electrons. The number of benzene rings is 1. The molecule has 1 atom stereocenters. The fourth-order valence-electron chi connectivity index (χ4n) is 7.20. The van der Waals surface area contributed by atoms with Crippen LogP contribution in [0, 0.1) is 23.2 Å². The summed E-state index contributed by atoms with van der Waals surface area (Å²) in [5.41, 5.74) is 0.649. The van der Waals surface area contributed by atoms with Crippen molar-refractivity contribution >= 4 is 15.9 Å². The summed E-state index contributed by atoms with van der Waals surface area (Å²) in [4.78, 5) is 13.3. The molecule has 1 aromatic rings. The van der Waals surface area contributed by atoms with Gasteiger partial charge in [0.15, 0.2) is 0 Å². The van der Waals surface area contributed by atoms with E-state index in [1.54, 1.807) is 4.31 Å². The number of amides is 1. The molecule has 4 saturated carbocycles. The van der Waals surface area contributed by atoms with Crippen molar-refractivity contribution in [1.29, 1.82) is 0 Å². The zero-order valence-corrected chi connectivity index (χ0v) is 18.6. The molecule has 1 aliphatic heterocycles. The second-order valence-corrected chi connectivity index (χ2v) is 12.3. The summed E-state index contributed by atoms with van der Waals surface area (Å²) in [6.45, 7) is 1.02. The molecule has 1 aromatic carbocycles. The standard InChI is InChI=1S/C24H34N2O3S/c27-23(24-13-19-10-20(14-24)12-21(11-19)15-24)25-16-22-8-4-5-9-26(22)30(28,29)17-18-6-2-1-3-7-18/h1-3,6-7,19-22H,4-5,8-17H2,(H,25,27). The van der Waals surface area contributed by atoms with Crippen LogP contribution in [0.25, 0.3) is 0 Å². The summed E-state index contributed by atoms with van der Waals surface area (Å²) in [6, 6.07) is 9.27. The fourth-order valence-corrected chi connectivity index (χ4v) is 9.02. The monoisotopic (exact) mass is 430 g/mol. The summed E-state index contributed by atoms with van der Waals surface area (Å²) in [7, 11) is -3.40. The molecule has 0 aromatic heterocycles. The largest absolute Gasteiger partial charge is 0.354 e. The molecule has 0 radical (unpaired) electrons. The number of rotatable bonds is 6. The van der Waals surface area contributed by atoms with Crippen LogP contribution in [0.3, 0.4) is 0 Å². The molecule has 1 unspecified atom stereocenters. The second kappa shape index (κ2) is 7.94. The van der Waals surface area contributed by atoms with Crippen LogP contribution in [0.15, 0.2) is 30.3 Å². The van der Waals surface area contributed by atoms with Gasteiger partial charge in [-0.05, 0) is 74.7 Å². The average molecular weight is 431 g/mol. The number of piperidine rings is 1. The Bertz CT molecular complexity index is 848. The average Bonchev–Trinajstić information content (AvgIpc) is 2.71. The smallest absolute Gasteiger partial charge is 0.226 e. The first kappa shape index (κ1) is 20.5. The number of hydrogen-bond acceptors (Lipinski definition) is 3. The van der Waals surface area contributed by atoms with Gasteiger partial charge in [-0.2, -0.15) is 4.31 Å². The van der Waals surface area contributed by atoms with Crippen LogP contribution in [0.4, 0.5) is 0 Å². The van der Waals surface area contributed by atoms with Crippen LogP contribution in [0.2, 0.25) is 0 Å². The first-order chi connectivity index (χ1) is 14.4. The summed E-state index contributed by atoms with van der Waals surface area (Å²) in [5.74, 6) is 2.44. The molecule has 1 N–H and O–H groups in total. The first-order valence-corrected chi connectivity index (χ1v) is 13.4. The summed E-state index contributed by atoms with van der Waals surface area (Å²) in [5, 5.41) is 3.23. The molecule has 5 nitrogen and oxygen atoms in total. The Balaban J connectivity index is 1.25. The van der Waals surface area contributed by atoms with Crippen LogP contribution in [-0.4, -0.2) is 37.8 Å². The van der Waals surface area contributed by atoms with Gasteiger partial charge in [-0.1, -0.05) is 36.8 Å². The SMILES string of the molecule is O=C(NCC1CCCCN1S(=O)(=O)Cc1ccccc1)C12CC3CC(CC(C3)C1)C2. The highest BCUT2D eigenvalue weighted by atomic mass is 32.2. The molecule has 1 heterocycles. The summed E-state index contributed by atoms with van der Waals surface area (Å²) in [6.07, 6.45) is 9.85. The highest BCUT2D eigenvalue weighted by molar-refractivity contribution is 7.88. The van der Waals surface area contributed by atoms with Crippen molar-refractivity contribution < 1.29 is 13.2 Å². The Hall–Kier alpha value is -1.40. The van der Waals surface area contributed by atoms with Crippen molar-refractivity contribution in [2.45, 2.75) is 69.6 Å². The predicted molar refractivity (Wildman–Crippen MR) is 117 cm³/mol. The maximum atomic E-state index is 13.3. The first-order valence-electron chi connectivity index (χ1n) is 11.8. The van der Waals surface area contributed by atoms with Gasteiger partial charge in [0.25, 0.3) is 0 Å². The van der Waals surface area contributed by atoms with Crippen LogP contribution < -0.4 is 5.32 Å². The van der Waals surface area contributed by atoms with Gasteiger partial charge in [0.2, 0.25) is 15.9 Å². The highest BCUT2D eigenvalue weighted by Gasteiger charge is 2.54. The van der Waals surface area contributed by atoms with E-state index >= 15 is 0 Å². The Morgan fingerprint density at radius 1 is 1.00 bits per heavy atom. The van der Waals surface area contributed by atoms with Gasteiger partial charge in [-0.15, -0.1) is 0 Å². The lowest BCUT2D eigenvalue weighted by Crippen LogP contribution is -2.56. The van der Waals surface area contributed by atoms with Crippen molar-refractivity contribution in [1.82, 2.24) is 9.62 Å². The van der Waals surface area contributed by atoms with Gasteiger partial charge in [-0.25, -0.2) is 8.42 Å². The molecule has 6 rings (SSSR count). The molecule has 5 fully saturated rings. The molecule has 4 aliphatic carbocycles. The van der Waals surface area contributed by atoms with Gasteiger partial charge in [0.05, 0.1) is 5.75 Å². The zero-order valence-electron chi connectivity index (χ0n) is 17.8. The third-order valence-electron chi connectivity index (χ3n) is 8.14. The lowest BCUT2D eigenvalue weighted by molar-refractivity contribution is -0.146. The Morgan fingerprint density at radius 3 is 2.27 bits per heavy atom. The van der Waals surface area contributed by atoms with E-state index in [0.29, 0.717) is 13.1 Å². The molecule has 5 aliphatic rings. The van der Waals surface area contributed by atoms with E-state index in [0.717, 1.165) is 61.8 Å². The Kier molecular flexibility index (Phi) is 5.42. The Labute approximate surface area is 180 Å². The van der Waals surface area contributed by atoms with Gasteiger partial charge in [0.1, 0.15) is 0 Å². The third kappa shape index (κ3) is 3.93. The molecular formula is C24H34N2O3S. The molecule has 0 spiro atoms. The van der Waals surface area contributed by atoms with Crippen LogP contribution in [-0.2, 0) is 20.6 Å². The minimum atomic E-state index is -3.40. The lowest BCUT2D eigenvalue weighted by Gasteiger charge is -2.55. The number of sulfonamides is 1. The lowest BCUT2D eigenvalue weighted by atomic mass is 9.49. The predicted octanol–water partition coefficient (Wildman–Crippen LogP) is 3.70. The van der Waals surface area contributed by atoms with Crippen LogP contribution >= 0.6 is 0 Å². The second-order valence-electron chi connectivity index (χ2n) is 10.4. The van der Waals surface area contributed by atoms with E-state index < -0.39 is 10.0 Å². The van der Waals surface area contributed by atoms with E-state index in [9.17, 15) is 13.2 Å². The third-order valence-corrected chi connectivity index (χ3v) is 10.0. The molecule has 6 heteroatoms. The van der Waals surface area contributed by atoms with E-state index in [-0.39, 0.29) is 23.1 Å². The number of nitrogens with one attached hydrogen (secondary N) is 1. The minimum Gasteiger partial charge on any atom is -0.354 e. The minimum absolute atomic E-state index is 0.0350. The van der Waals surface area contributed by atoms with Crippen molar-refractivity contribution in [3.63, 3.8) is 0 Å². The van der Waals surface area contributed by atoms with Gasteiger partial charge >= 0.3 is 0 Å². The van der Waals surface area contributed by atoms with Crippen molar-refractivity contribution in [3.05, 3.63) is 35.9 Å². The summed E-state index contributed by atoms with van der Waals surface area (Å²) >= 11 is 0. The summed E-state index contributed by atoms with van der Waals surface area (Å²) < 4.78 is 28.0. The highest BCUT2D eigenvalue weighted by Crippen LogP contribution is 2.60. The number of nitrogens with zero attached hydrogens (tertiary/aromatic N) is 1. The normalized spacial score (nSPS) is 36.0. The molecule has 4 bridgehead atoms. The number of carbonyl (C=O) groups is 1. The van der Waals surface area contributed by atoms with Gasteiger partial charge in [-0.3, -0.25) is 4.79 Å².